The van der Waals surface area contributed by atoms with Gasteiger partial charge in [-0.1, -0.05) is 19.4 Å². The second-order valence-electron chi connectivity index (χ2n) is 12.7. The average molecular weight is 697 g/mol. The molecule has 1 aromatic rings. The second-order valence-corrected chi connectivity index (χ2v) is 13.9. The van der Waals surface area contributed by atoms with Crippen LogP contribution in [-0.4, -0.2) is 77.1 Å². The Balaban J connectivity index is 1.71. The van der Waals surface area contributed by atoms with E-state index in [9.17, 15) is 24.9 Å². The zero-order chi connectivity index (χ0) is 30.8. The molecule has 4 N–H and O–H groups in total. The summed E-state index contributed by atoms with van der Waals surface area (Å²) < 4.78 is 12.6. The number of fused-ring (bicyclic) bond motifs is 2. The van der Waals surface area contributed by atoms with Crippen molar-refractivity contribution < 1.29 is 34.4 Å². The summed E-state index contributed by atoms with van der Waals surface area (Å²) in [4.78, 5) is 28.7. The lowest BCUT2D eigenvalue weighted by Crippen LogP contribution is -2.59. The zero-order valence-electron chi connectivity index (χ0n) is 25.2. The average Bonchev–Trinajstić information content (AvgIpc) is 2.95. The molecule has 5 rings (SSSR count). The van der Waals surface area contributed by atoms with Crippen LogP contribution in [-0.2, 0) is 16.2 Å². The highest BCUT2D eigenvalue weighted by Gasteiger charge is 2.55. The van der Waals surface area contributed by atoms with Crippen LogP contribution in [0, 0.1) is 26.7 Å². The van der Waals surface area contributed by atoms with Gasteiger partial charge in [-0.3, -0.25) is 9.59 Å². The molecular weight excluding hydrogens is 651 g/mol. The highest BCUT2D eigenvalue weighted by atomic mass is 127. The number of aliphatic hydroxyl groups is 3. The molecule has 0 saturated heterocycles. The van der Waals surface area contributed by atoms with E-state index in [-0.39, 0.29) is 43.4 Å². The summed E-state index contributed by atoms with van der Waals surface area (Å²) in [5.41, 5.74) is 2.12. The SMILES string of the molecule is COc1cc(CO)cc(I)c1OC1C=C(C(=O)NCCO)CC(N(CC2CCC3CC2C3(C)C)C(=O)C=C(C)C)C1O. The van der Waals surface area contributed by atoms with Crippen LogP contribution in [0.3, 0.4) is 0 Å². The van der Waals surface area contributed by atoms with Crippen molar-refractivity contribution in [1.82, 2.24) is 10.2 Å². The fraction of sp³-hybridized carbons (Fsp3) is 0.625. The lowest BCUT2D eigenvalue weighted by atomic mass is 9.45. The molecule has 42 heavy (non-hydrogen) atoms. The van der Waals surface area contributed by atoms with Crippen molar-refractivity contribution in [3.05, 3.63) is 44.6 Å². The molecule has 10 heteroatoms. The van der Waals surface area contributed by atoms with Gasteiger partial charge >= 0.3 is 0 Å². The highest BCUT2D eigenvalue weighted by molar-refractivity contribution is 14.1. The molecule has 0 spiro atoms. The maximum Gasteiger partial charge on any atom is 0.247 e. The fourth-order valence-electron chi connectivity index (χ4n) is 7.05. The molecule has 2 amide bonds. The van der Waals surface area contributed by atoms with Crippen molar-refractivity contribution in [2.75, 3.05) is 26.8 Å². The number of hydrogen-bond donors (Lipinski definition) is 4. The zero-order valence-corrected chi connectivity index (χ0v) is 27.4. The summed E-state index contributed by atoms with van der Waals surface area (Å²) in [7, 11) is 1.50. The van der Waals surface area contributed by atoms with Gasteiger partial charge in [-0.15, -0.1) is 0 Å². The third kappa shape index (κ3) is 6.81. The molecule has 1 aromatic carbocycles. The molecule has 9 nitrogen and oxygen atoms in total. The van der Waals surface area contributed by atoms with Crippen molar-refractivity contribution in [3.8, 4) is 11.5 Å². The lowest BCUT2D eigenvalue weighted by Gasteiger charge is -2.61. The Bertz CT molecular complexity index is 1220. The fourth-order valence-corrected chi connectivity index (χ4v) is 7.84. The van der Waals surface area contributed by atoms with E-state index < -0.39 is 18.2 Å². The summed E-state index contributed by atoms with van der Waals surface area (Å²) in [5.74, 6) is 1.73. The van der Waals surface area contributed by atoms with Gasteiger partial charge in [-0.05, 0) is 103 Å². The highest BCUT2D eigenvalue weighted by Crippen LogP contribution is 2.61. The molecule has 6 atom stereocenters. The van der Waals surface area contributed by atoms with Crippen LogP contribution in [0.1, 0.15) is 58.9 Å². The Hall–Kier alpha value is -2.15. The van der Waals surface area contributed by atoms with Gasteiger partial charge in [0.15, 0.2) is 11.5 Å². The molecule has 2 bridgehead atoms. The van der Waals surface area contributed by atoms with E-state index in [1.165, 1.54) is 7.11 Å². The Labute approximate surface area is 262 Å². The van der Waals surface area contributed by atoms with Crippen LogP contribution < -0.4 is 14.8 Å². The predicted molar refractivity (Wildman–Crippen MR) is 168 cm³/mol. The molecule has 0 radical (unpaired) electrons. The number of carbonyl (C=O) groups excluding carboxylic acids is 2. The first-order valence-electron chi connectivity index (χ1n) is 14.8. The minimum Gasteiger partial charge on any atom is -0.493 e. The van der Waals surface area contributed by atoms with Gasteiger partial charge in [0.2, 0.25) is 11.8 Å². The number of hydrogen-bond acceptors (Lipinski definition) is 7. The van der Waals surface area contributed by atoms with Gasteiger partial charge in [-0.25, -0.2) is 0 Å². The number of ether oxygens (including phenoxy) is 2. The summed E-state index contributed by atoms with van der Waals surface area (Å²) >= 11 is 2.09. The smallest absolute Gasteiger partial charge is 0.247 e. The minimum absolute atomic E-state index is 0.0870. The lowest BCUT2D eigenvalue weighted by molar-refractivity contribution is -0.143. The van der Waals surface area contributed by atoms with Crippen LogP contribution in [0.15, 0.2) is 35.4 Å². The molecule has 3 fully saturated rings. The number of nitrogens with zero attached hydrogens (tertiary/aromatic N) is 1. The van der Waals surface area contributed by atoms with E-state index >= 15 is 0 Å². The van der Waals surface area contributed by atoms with E-state index in [0.717, 1.165) is 30.8 Å². The third-order valence-electron chi connectivity index (χ3n) is 9.47. The molecule has 4 aliphatic carbocycles. The van der Waals surface area contributed by atoms with Crippen LogP contribution in [0.25, 0.3) is 0 Å². The summed E-state index contributed by atoms with van der Waals surface area (Å²) in [6.07, 6.45) is 4.61. The van der Waals surface area contributed by atoms with Gasteiger partial charge < -0.3 is 35.0 Å². The van der Waals surface area contributed by atoms with Crippen molar-refractivity contribution in [2.24, 2.45) is 23.2 Å². The first kappa shape index (κ1) is 32.8. The summed E-state index contributed by atoms with van der Waals surface area (Å²) in [6.45, 7) is 8.60. The number of benzene rings is 1. The minimum atomic E-state index is -1.13. The Morgan fingerprint density at radius 2 is 1.95 bits per heavy atom. The van der Waals surface area contributed by atoms with E-state index in [2.05, 4.69) is 41.8 Å². The normalized spacial score (nSPS) is 27.7. The van der Waals surface area contributed by atoms with Gasteiger partial charge in [-0.2, -0.15) is 0 Å². The van der Waals surface area contributed by atoms with Crippen molar-refractivity contribution in [1.29, 1.82) is 0 Å². The van der Waals surface area contributed by atoms with E-state index in [4.69, 9.17) is 9.47 Å². The molecule has 0 aromatic heterocycles. The Morgan fingerprint density at radius 1 is 1.21 bits per heavy atom. The number of methoxy groups -OCH3 is 1. The summed E-state index contributed by atoms with van der Waals surface area (Å²) in [6, 6.07) is 2.73. The third-order valence-corrected chi connectivity index (χ3v) is 10.3. The van der Waals surface area contributed by atoms with E-state index in [1.54, 1.807) is 29.2 Å². The molecule has 232 valence electrons. The number of aliphatic hydroxyl groups excluding tert-OH is 3. The predicted octanol–water partition coefficient (Wildman–Crippen LogP) is 3.57. The maximum absolute atomic E-state index is 13.8. The van der Waals surface area contributed by atoms with Crippen LogP contribution in [0.2, 0.25) is 0 Å². The molecular formula is C32H45IN2O7. The first-order chi connectivity index (χ1) is 19.9. The van der Waals surface area contributed by atoms with Crippen molar-refractivity contribution in [2.45, 2.75) is 78.2 Å². The van der Waals surface area contributed by atoms with Gasteiger partial charge in [0, 0.05) is 31.2 Å². The Morgan fingerprint density at radius 3 is 2.55 bits per heavy atom. The van der Waals surface area contributed by atoms with Crippen molar-refractivity contribution >= 4 is 34.4 Å². The molecule has 4 aliphatic rings. The van der Waals surface area contributed by atoms with E-state index in [1.807, 2.05) is 13.8 Å². The van der Waals surface area contributed by atoms with Gasteiger partial charge in [0.1, 0.15) is 12.2 Å². The number of halogens is 1. The number of carbonyl (C=O) groups is 2. The number of amides is 2. The standard InChI is InChI=1S/C32H45IN2O7/c1-18(2)10-28(38)35(16-20-6-7-22-15-23(20)32(22,3)4)25-13-21(31(40)34-8-9-36)14-26(29(25)39)42-30-24(33)11-19(17-37)12-27(30)41-5/h10-12,14,20,22-23,25-26,29,36-37,39H,6-9,13,15-17H2,1-5H3,(H,34,40). The van der Waals surface area contributed by atoms with Crippen LogP contribution >= 0.6 is 22.6 Å². The van der Waals surface area contributed by atoms with Crippen LogP contribution in [0.4, 0.5) is 0 Å². The first-order valence-corrected chi connectivity index (χ1v) is 15.9. The monoisotopic (exact) mass is 696 g/mol. The molecule has 6 unspecified atom stereocenters. The largest absolute Gasteiger partial charge is 0.493 e. The topological polar surface area (TPSA) is 129 Å². The summed E-state index contributed by atoms with van der Waals surface area (Å²) in [5, 5.41) is 33.5. The van der Waals surface area contributed by atoms with Crippen molar-refractivity contribution in [3.63, 3.8) is 0 Å². The molecule has 0 aliphatic heterocycles. The molecule has 3 saturated carbocycles. The van der Waals surface area contributed by atoms with Gasteiger partial charge in [0.05, 0.1) is 29.9 Å². The maximum atomic E-state index is 13.8. The second kappa shape index (κ2) is 13.7. The van der Waals surface area contributed by atoms with Crippen LogP contribution in [0.5, 0.6) is 11.5 Å². The number of nitrogens with one attached hydrogen (secondary N) is 1. The number of allylic oxidation sites excluding steroid dienone is 1. The number of rotatable bonds is 11. The quantitative estimate of drug-likeness (QED) is 0.206. The van der Waals surface area contributed by atoms with Gasteiger partial charge in [0.25, 0.3) is 0 Å². The van der Waals surface area contributed by atoms with E-state index in [0.29, 0.717) is 44.6 Å². The molecule has 0 heterocycles. The Kier molecular flexibility index (Phi) is 10.6.